The summed E-state index contributed by atoms with van der Waals surface area (Å²) in [5.41, 5.74) is 1.58. The molecule has 15 heavy (non-hydrogen) atoms. The van der Waals surface area contributed by atoms with Crippen molar-refractivity contribution in [3.63, 3.8) is 0 Å². The lowest BCUT2D eigenvalue weighted by Gasteiger charge is -2.03. The maximum Gasteiger partial charge on any atom is 0.119 e. The molecule has 0 aliphatic carbocycles. The van der Waals surface area contributed by atoms with Gasteiger partial charge in [0.2, 0.25) is 0 Å². The molecule has 0 radical (unpaired) electrons. The third-order valence-corrected chi connectivity index (χ3v) is 1.86. The monoisotopic (exact) mass is 206 g/mol. The summed E-state index contributed by atoms with van der Waals surface area (Å²) in [6.45, 7) is 3.90. The molecular formula is C11H14N2O2. The molecule has 0 atom stereocenters. The second-order valence-electron chi connectivity index (χ2n) is 2.84. The number of aliphatic imine (C=N–C) groups is 2. The highest BCUT2D eigenvalue weighted by molar-refractivity contribution is 5.87. The van der Waals surface area contributed by atoms with E-state index in [2.05, 4.69) is 16.7 Å². The van der Waals surface area contributed by atoms with Crippen LogP contribution in [0.4, 0.5) is 5.69 Å². The van der Waals surface area contributed by atoms with Crippen LogP contribution in [0.25, 0.3) is 0 Å². The van der Waals surface area contributed by atoms with Gasteiger partial charge in [0, 0.05) is 11.8 Å². The number of aliphatic hydroxyl groups is 1. The fourth-order valence-corrected chi connectivity index (χ4v) is 1.13. The molecule has 0 aliphatic heterocycles. The molecule has 0 spiro atoms. The predicted octanol–water partition coefficient (Wildman–Crippen LogP) is 1.44. The predicted molar refractivity (Wildman–Crippen MR) is 61.7 cm³/mol. The van der Waals surface area contributed by atoms with Crippen LogP contribution in [0.1, 0.15) is 5.56 Å². The first-order valence-corrected chi connectivity index (χ1v) is 4.57. The fourth-order valence-electron chi connectivity index (χ4n) is 1.13. The Morgan fingerprint density at radius 3 is 2.93 bits per heavy atom. The molecule has 0 amide bonds. The van der Waals surface area contributed by atoms with E-state index in [1.165, 1.54) is 0 Å². The Hall–Kier alpha value is -1.68. The number of aliphatic hydroxyl groups excluding tert-OH is 1. The Labute approximate surface area is 89.0 Å². The van der Waals surface area contributed by atoms with Crippen LogP contribution in [-0.2, 0) is 0 Å². The van der Waals surface area contributed by atoms with Crippen molar-refractivity contribution in [2.24, 2.45) is 9.98 Å². The molecule has 80 valence electrons. The summed E-state index contributed by atoms with van der Waals surface area (Å²) in [4.78, 5) is 7.89. The van der Waals surface area contributed by atoms with Crippen LogP contribution in [0, 0.1) is 0 Å². The second kappa shape index (κ2) is 5.93. The number of rotatable bonds is 5. The third kappa shape index (κ3) is 3.18. The maximum absolute atomic E-state index is 8.60. The van der Waals surface area contributed by atoms with Gasteiger partial charge in [0.1, 0.15) is 5.75 Å². The summed E-state index contributed by atoms with van der Waals surface area (Å²) in [5.74, 6) is 0.743. The van der Waals surface area contributed by atoms with E-state index in [0.29, 0.717) is 6.54 Å². The van der Waals surface area contributed by atoms with Crippen LogP contribution >= 0.6 is 0 Å². The van der Waals surface area contributed by atoms with Crippen molar-refractivity contribution in [2.45, 2.75) is 0 Å². The minimum Gasteiger partial charge on any atom is -0.497 e. The quantitative estimate of drug-likeness (QED) is 0.741. The molecule has 0 aliphatic rings. The highest BCUT2D eigenvalue weighted by Crippen LogP contribution is 2.22. The van der Waals surface area contributed by atoms with Gasteiger partial charge in [-0.1, -0.05) is 0 Å². The van der Waals surface area contributed by atoms with Crippen molar-refractivity contribution in [1.29, 1.82) is 0 Å². The molecule has 1 aromatic carbocycles. The summed E-state index contributed by atoms with van der Waals surface area (Å²) in [6, 6.07) is 5.45. The van der Waals surface area contributed by atoms with E-state index in [1.54, 1.807) is 13.3 Å². The SMILES string of the molecule is C=Nc1ccc(OC)cc1/C=N\CCO. The summed E-state index contributed by atoms with van der Waals surface area (Å²) in [7, 11) is 1.60. The Kier molecular flexibility index (Phi) is 4.50. The zero-order chi connectivity index (χ0) is 11.1. The van der Waals surface area contributed by atoms with Crippen LogP contribution in [0.3, 0.4) is 0 Å². The van der Waals surface area contributed by atoms with E-state index in [4.69, 9.17) is 9.84 Å². The first kappa shape index (κ1) is 11.4. The summed E-state index contributed by atoms with van der Waals surface area (Å²) in [6.07, 6.45) is 1.66. The van der Waals surface area contributed by atoms with Gasteiger partial charge in [-0.2, -0.15) is 0 Å². The normalized spacial score (nSPS) is 10.5. The lowest BCUT2D eigenvalue weighted by molar-refractivity contribution is 0.307. The standard InChI is InChI=1S/C11H14N2O2/c1-12-11-4-3-10(15-2)7-9(11)8-13-5-6-14/h3-4,7-8,14H,1,5-6H2,2H3/b13-8-. The molecule has 0 aromatic heterocycles. The molecule has 4 heteroatoms. The molecule has 0 saturated heterocycles. The van der Waals surface area contributed by atoms with Crippen molar-refractivity contribution in [3.05, 3.63) is 23.8 Å². The van der Waals surface area contributed by atoms with Crippen LogP contribution in [-0.4, -0.2) is 38.3 Å². The van der Waals surface area contributed by atoms with E-state index in [-0.39, 0.29) is 6.61 Å². The summed E-state index contributed by atoms with van der Waals surface area (Å²) >= 11 is 0. The van der Waals surface area contributed by atoms with Crippen molar-refractivity contribution in [3.8, 4) is 5.75 Å². The molecular weight excluding hydrogens is 192 g/mol. The molecule has 0 unspecified atom stereocenters. The van der Waals surface area contributed by atoms with Gasteiger partial charge < -0.3 is 9.84 Å². The summed E-state index contributed by atoms with van der Waals surface area (Å²) in [5, 5.41) is 8.60. The highest BCUT2D eigenvalue weighted by atomic mass is 16.5. The first-order valence-electron chi connectivity index (χ1n) is 4.57. The fraction of sp³-hybridized carbons (Fsp3) is 0.273. The van der Waals surface area contributed by atoms with Gasteiger partial charge in [-0.25, -0.2) is 0 Å². The van der Waals surface area contributed by atoms with E-state index in [9.17, 15) is 0 Å². The zero-order valence-corrected chi connectivity index (χ0v) is 8.68. The van der Waals surface area contributed by atoms with Crippen molar-refractivity contribution < 1.29 is 9.84 Å². The highest BCUT2D eigenvalue weighted by Gasteiger charge is 1.99. The molecule has 1 aromatic rings. The van der Waals surface area contributed by atoms with Gasteiger partial charge in [0.15, 0.2) is 0 Å². The zero-order valence-electron chi connectivity index (χ0n) is 8.68. The topological polar surface area (TPSA) is 54.2 Å². The molecule has 1 N–H and O–H groups in total. The van der Waals surface area contributed by atoms with Gasteiger partial charge in [-0.3, -0.25) is 9.98 Å². The molecule has 0 fully saturated rings. The van der Waals surface area contributed by atoms with Crippen molar-refractivity contribution >= 4 is 18.6 Å². The van der Waals surface area contributed by atoms with Crippen LogP contribution < -0.4 is 4.74 Å². The van der Waals surface area contributed by atoms with E-state index in [1.807, 2.05) is 18.2 Å². The molecule has 0 saturated carbocycles. The Morgan fingerprint density at radius 1 is 1.53 bits per heavy atom. The smallest absolute Gasteiger partial charge is 0.119 e. The number of ether oxygens (including phenoxy) is 1. The maximum atomic E-state index is 8.60. The Balaban J connectivity index is 2.95. The molecule has 0 bridgehead atoms. The second-order valence-corrected chi connectivity index (χ2v) is 2.84. The molecule has 1 rings (SSSR count). The van der Waals surface area contributed by atoms with Gasteiger partial charge in [-0.15, -0.1) is 0 Å². The number of methoxy groups -OCH3 is 1. The van der Waals surface area contributed by atoms with Crippen LogP contribution in [0.2, 0.25) is 0 Å². The van der Waals surface area contributed by atoms with E-state index < -0.39 is 0 Å². The number of benzene rings is 1. The average Bonchev–Trinajstić information content (AvgIpc) is 2.29. The minimum atomic E-state index is 0.0390. The van der Waals surface area contributed by atoms with Gasteiger partial charge in [0.05, 0.1) is 25.9 Å². The number of hydrogen-bond donors (Lipinski definition) is 1. The van der Waals surface area contributed by atoms with Crippen LogP contribution in [0.15, 0.2) is 28.2 Å². The lowest BCUT2D eigenvalue weighted by Crippen LogP contribution is -1.91. The molecule has 0 heterocycles. The lowest BCUT2D eigenvalue weighted by atomic mass is 10.2. The largest absolute Gasteiger partial charge is 0.497 e. The van der Waals surface area contributed by atoms with Crippen LogP contribution in [0.5, 0.6) is 5.75 Å². The van der Waals surface area contributed by atoms with Gasteiger partial charge in [-0.05, 0) is 24.9 Å². The average molecular weight is 206 g/mol. The van der Waals surface area contributed by atoms with Gasteiger partial charge in [0.25, 0.3) is 0 Å². The van der Waals surface area contributed by atoms with Gasteiger partial charge >= 0.3 is 0 Å². The third-order valence-electron chi connectivity index (χ3n) is 1.86. The number of hydrogen-bond acceptors (Lipinski definition) is 4. The molecule has 4 nitrogen and oxygen atoms in total. The summed E-state index contributed by atoms with van der Waals surface area (Å²) < 4.78 is 5.09. The van der Waals surface area contributed by atoms with E-state index in [0.717, 1.165) is 17.0 Å². The Bertz CT molecular complexity index is 362. The Morgan fingerprint density at radius 2 is 2.33 bits per heavy atom. The minimum absolute atomic E-state index is 0.0390. The van der Waals surface area contributed by atoms with E-state index >= 15 is 0 Å². The van der Waals surface area contributed by atoms with Crippen molar-refractivity contribution in [2.75, 3.05) is 20.3 Å². The van der Waals surface area contributed by atoms with Crippen molar-refractivity contribution in [1.82, 2.24) is 0 Å². The number of nitrogens with zero attached hydrogens (tertiary/aromatic N) is 2. The first-order chi connectivity index (χ1) is 7.31.